The molecule has 0 aromatic heterocycles. The van der Waals surface area contributed by atoms with Crippen LogP contribution >= 0.6 is 11.6 Å². The predicted octanol–water partition coefficient (Wildman–Crippen LogP) is 1.22. The molecule has 1 atom stereocenters. The quantitative estimate of drug-likeness (QED) is 0.654. The standard InChI is InChI=1S/C12H15ClN2O5/c1-6-3-8(10(20-2)4-7(6)13)15-12(19)14-5-9(16)11(17)18/h3-4,9,16H,5H2,1-2H3,(H,17,18)(H2,14,15,19)/t9-/m0/s1. The van der Waals surface area contributed by atoms with Gasteiger partial charge < -0.3 is 25.6 Å². The number of nitrogens with one attached hydrogen (secondary N) is 2. The number of aliphatic carboxylic acids is 1. The fraction of sp³-hybridized carbons (Fsp3) is 0.333. The van der Waals surface area contributed by atoms with E-state index in [1.54, 1.807) is 19.1 Å². The molecular weight excluding hydrogens is 288 g/mol. The Morgan fingerprint density at radius 2 is 2.10 bits per heavy atom. The van der Waals surface area contributed by atoms with E-state index in [4.69, 9.17) is 26.6 Å². The topological polar surface area (TPSA) is 108 Å². The molecule has 0 aliphatic carbocycles. The van der Waals surface area contributed by atoms with Crippen molar-refractivity contribution in [1.29, 1.82) is 0 Å². The first-order valence-electron chi connectivity index (χ1n) is 5.65. The molecule has 0 saturated heterocycles. The molecule has 0 aliphatic rings. The number of hydrogen-bond donors (Lipinski definition) is 4. The lowest BCUT2D eigenvalue weighted by molar-refractivity contribution is -0.146. The van der Waals surface area contributed by atoms with Crippen molar-refractivity contribution in [1.82, 2.24) is 5.32 Å². The largest absolute Gasteiger partial charge is 0.495 e. The van der Waals surface area contributed by atoms with Crippen molar-refractivity contribution in [3.8, 4) is 5.75 Å². The van der Waals surface area contributed by atoms with Crippen molar-refractivity contribution >= 4 is 29.3 Å². The number of methoxy groups -OCH3 is 1. The smallest absolute Gasteiger partial charge is 0.334 e. The van der Waals surface area contributed by atoms with Gasteiger partial charge in [0.2, 0.25) is 0 Å². The van der Waals surface area contributed by atoms with Gasteiger partial charge >= 0.3 is 12.0 Å². The van der Waals surface area contributed by atoms with Crippen molar-refractivity contribution in [2.45, 2.75) is 13.0 Å². The number of ether oxygens (including phenoxy) is 1. The minimum absolute atomic E-state index is 0.370. The number of carbonyl (C=O) groups excluding carboxylic acids is 1. The number of urea groups is 1. The van der Waals surface area contributed by atoms with E-state index in [0.717, 1.165) is 5.56 Å². The first kappa shape index (κ1) is 16.1. The molecule has 1 rings (SSSR count). The van der Waals surface area contributed by atoms with Gasteiger partial charge in [0.15, 0.2) is 6.10 Å². The Kier molecular flexibility index (Phi) is 5.60. The number of carboxylic acids is 1. The third kappa shape index (κ3) is 4.29. The van der Waals surface area contributed by atoms with Crippen molar-refractivity contribution in [3.05, 3.63) is 22.7 Å². The van der Waals surface area contributed by atoms with E-state index in [1.807, 2.05) is 0 Å². The van der Waals surface area contributed by atoms with E-state index >= 15 is 0 Å². The third-order valence-corrected chi connectivity index (χ3v) is 2.88. The zero-order chi connectivity index (χ0) is 15.3. The molecule has 0 radical (unpaired) electrons. The molecule has 0 fully saturated rings. The van der Waals surface area contributed by atoms with Gasteiger partial charge in [-0.2, -0.15) is 0 Å². The fourth-order valence-electron chi connectivity index (χ4n) is 1.37. The average Bonchev–Trinajstić information content (AvgIpc) is 2.39. The number of anilines is 1. The summed E-state index contributed by atoms with van der Waals surface area (Å²) in [4.78, 5) is 22.0. The highest BCUT2D eigenvalue weighted by Crippen LogP contribution is 2.30. The summed E-state index contributed by atoms with van der Waals surface area (Å²) < 4.78 is 5.08. The number of carbonyl (C=O) groups is 2. The molecule has 7 nitrogen and oxygen atoms in total. The second kappa shape index (κ2) is 6.97. The van der Waals surface area contributed by atoms with E-state index in [0.29, 0.717) is 16.5 Å². The van der Waals surface area contributed by atoms with E-state index in [-0.39, 0.29) is 0 Å². The molecule has 0 heterocycles. The number of aliphatic hydroxyl groups excluding tert-OH is 1. The Morgan fingerprint density at radius 1 is 1.45 bits per heavy atom. The molecule has 110 valence electrons. The van der Waals surface area contributed by atoms with Gasteiger partial charge in [-0.25, -0.2) is 9.59 Å². The van der Waals surface area contributed by atoms with Gasteiger partial charge in [-0.15, -0.1) is 0 Å². The first-order chi connectivity index (χ1) is 9.35. The molecule has 20 heavy (non-hydrogen) atoms. The summed E-state index contributed by atoms with van der Waals surface area (Å²) in [6, 6.07) is 2.51. The highest BCUT2D eigenvalue weighted by atomic mass is 35.5. The zero-order valence-corrected chi connectivity index (χ0v) is 11.7. The number of carboxylic acid groups (broad SMARTS) is 1. The zero-order valence-electron chi connectivity index (χ0n) is 10.9. The minimum Gasteiger partial charge on any atom is -0.495 e. The Hall–Kier alpha value is -1.99. The van der Waals surface area contributed by atoms with Crippen molar-refractivity contribution < 1.29 is 24.5 Å². The molecule has 1 aromatic carbocycles. The normalized spacial score (nSPS) is 11.6. The van der Waals surface area contributed by atoms with Crippen LogP contribution in [0.5, 0.6) is 5.75 Å². The SMILES string of the molecule is COc1cc(Cl)c(C)cc1NC(=O)NC[C@H](O)C(=O)O. The first-order valence-corrected chi connectivity index (χ1v) is 6.02. The maximum absolute atomic E-state index is 11.6. The summed E-state index contributed by atoms with van der Waals surface area (Å²) in [7, 11) is 1.43. The van der Waals surface area contributed by atoms with Crippen molar-refractivity contribution in [3.63, 3.8) is 0 Å². The summed E-state index contributed by atoms with van der Waals surface area (Å²) in [6.45, 7) is 1.36. The van der Waals surface area contributed by atoms with Gasteiger partial charge in [-0.05, 0) is 18.6 Å². The lowest BCUT2D eigenvalue weighted by Gasteiger charge is -2.13. The van der Waals surface area contributed by atoms with Crippen LogP contribution in [0, 0.1) is 6.92 Å². The Morgan fingerprint density at radius 3 is 2.65 bits per heavy atom. The fourth-order valence-corrected chi connectivity index (χ4v) is 1.53. The van der Waals surface area contributed by atoms with Crippen LogP contribution in [-0.4, -0.2) is 42.0 Å². The number of aliphatic hydroxyl groups is 1. The lowest BCUT2D eigenvalue weighted by atomic mass is 10.2. The van der Waals surface area contributed by atoms with E-state index in [2.05, 4.69) is 10.6 Å². The molecule has 2 amide bonds. The Bertz CT molecular complexity index is 521. The van der Waals surface area contributed by atoms with Crippen molar-refractivity contribution in [2.75, 3.05) is 19.0 Å². The molecule has 0 unspecified atom stereocenters. The van der Waals surface area contributed by atoms with Crippen LogP contribution in [0.15, 0.2) is 12.1 Å². The summed E-state index contributed by atoms with van der Waals surface area (Å²) in [5, 5.41) is 22.7. The highest BCUT2D eigenvalue weighted by Gasteiger charge is 2.15. The lowest BCUT2D eigenvalue weighted by Crippen LogP contribution is -2.38. The summed E-state index contributed by atoms with van der Waals surface area (Å²) in [5.41, 5.74) is 1.13. The van der Waals surface area contributed by atoms with E-state index < -0.39 is 24.6 Å². The van der Waals surface area contributed by atoms with Gasteiger partial charge in [0.1, 0.15) is 5.75 Å². The highest BCUT2D eigenvalue weighted by molar-refractivity contribution is 6.31. The van der Waals surface area contributed by atoms with Gasteiger partial charge in [-0.1, -0.05) is 11.6 Å². The second-order valence-corrected chi connectivity index (χ2v) is 4.40. The predicted molar refractivity (Wildman–Crippen MR) is 73.4 cm³/mol. The number of rotatable bonds is 5. The molecule has 4 N–H and O–H groups in total. The van der Waals surface area contributed by atoms with Gasteiger partial charge in [0, 0.05) is 11.1 Å². The van der Waals surface area contributed by atoms with Crippen LogP contribution in [-0.2, 0) is 4.79 Å². The molecule has 0 saturated carbocycles. The number of aryl methyl sites for hydroxylation is 1. The maximum atomic E-state index is 11.6. The molecule has 0 bridgehead atoms. The van der Waals surface area contributed by atoms with Crippen LogP contribution in [0.25, 0.3) is 0 Å². The molecule has 8 heteroatoms. The van der Waals surface area contributed by atoms with Gasteiger partial charge in [-0.3, -0.25) is 0 Å². The number of amides is 2. The average molecular weight is 303 g/mol. The van der Waals surface area contributed by atoms with Crippen LogP contribution in [0.4, 0.5) is 10.5 Å². The second-order valence-electron chi connectivity index (χ2n) is 3.99. The Balaban J connectivity index is 2.71. The number of hydrogen-bond acceptors (Lipinski definition) is 4. The summed E-state index contributed by atoms with van der Waals surface area (Å²) in [6.07, 6.45) is -1.66. The van der Waals surface area contributed by atoms with E-state index in [9.17, 15) is 9.59 Å². The van der Waals surface area contributed by atoms with Crippen LogP contribution in [0.3, 0.4) is 0 Å². The third-order valence-electron chi connectivity index (χ3n) is 2.47. The number of benzene rings is 1. The molecule has 0 aliphatic heterocycles. The Labute approximate surface area is 120 Å². The van der Waals surface area contributed by atoms with Crippen LogP contribution in [0.2, 0.25) is 5.02 Å². The van der Waals surface area contributed by atoms with Gasteiger partial charge in [0.05, 0.1) is 19.3 Å². The molecule has 1 aromatic rings. The number of halogens is 1. The minimum atomic E-state index is -1.66. The van der Waals surface area contributed by atoms with Crippen LogP contribution < -0.4 is 15.4 Å². The maximum Gasteiger partial charge on any atom is 0.334 e. The van der Waals surface area contributed by atoms with E-state index in [1.165, 1.54) is 7.11 Å². The molecule has 0 spiro atoms. The van der Waals surface area contributed by atoms with Gasteiger partial charge in [0.25, 0.3) is 0 Å². The summed E-state index contributed by atoms with van der Waals surface area (Å²) >= 11 is 5.93. The van der Waals surface area contributed by atoms with Crippen LogP contribution in [0.1, 0.15) is 5.56 Å². The summed E-state index contributed by atoms with van der Waals surface area (Å²) in [5.74, 6) is -1.04. The molecular formula is C12H15ClN2O5. The monoisotopic (exact) mass is 302 g/mol. The van der Waals surface area contributed by atoms with Crippen molar-refractivity contribution in [2.24, 2.45) is 0 Å².